The number of nitrogens with zero attached hydrogens (tertiary/aromatic N) is 3. The second-order valence-electron chi connectivity index (χ2n) is 6.46. The van der Waals surface area contributed by atoms with Crippen LogP contribution in [0.15, 0.2) is 9.64 Å². The molecule has 3 rings (SSSR count). The molecule has 136 valence electrons. The van der Waals surface area contributed by atoms with E-state index in [9.17, 15) is 21.6 Å². The molecule has 1 saturated carbocycles. The summed E-state index contributed by atoms with van der Waals surface area (Å²) >= 11 is 0. The molecule has 2 heterocycles. The number of aromatic nitrogens is 2. The van der Waals surface area contributed by atoms with Crippen molar-refractivity contribution in [2.45, 2.75) is 61.6 Å². The van der Waals surface area contributed by atoms with Gasteiger partial charge in [0.1, 0.15) is 0 Å². The summed E-state index contributed by atoms with van der Waals surface area (Å²) in [6.45, 7) is 0.241. The first-order valence-electron chi connectivity index (χ1n) is 8.17. The van der Waals surface area contributed by atoms with E-state index in [0.717, 1.165) is 19.3 Å². The van der Waals surface area contributed by atoms with Crippen molar-refractivity contribution < 1.29 is 26.0 Å². The van der Waals surface area contributed by atoms with Gasteiger partial charge in [0.15, 0.2) is 0 Å². The molecule has 0 amide bonds. The van der Waals surface area contributed by atoms with Crippen molar-refractivity contribution in [1.29, 1.82) is 0 Å². The second-order valence-corrected chi connectivity index (χ2v) is 8.56. The quantitative estimate of drug-likeness (QED) is 0.818. The third-order valence-electron chi connectivity index (χ3n) is 4.86. The summed E-state index contributed by atoms with van der Waals surface area (Å²) in [4.78, 5) is 1.52. The highest BCUT2D eigenvalue weighted by molar-refractivity contribution is 7.91. The molecule has 1 aliphatic heterocycles. The van der Waals surface area contributed by atoms with Gasteiger partial charge in [-0.15, -0.1) is 0 Å². The molecule has 0 unspecified atom stereocenters. The molecular weight excluding hydrogens is 347 g/mol. The van der Waals surface area contributed by atoms with Crippen molar-refractivity contribution in [3.05, 3.63) is 0 Å². The molecular formula is C14H20F3N3O3S. The van der Waals surface area contributed by atoms with Crippen LogP contribution in [0.1, 0.15) is 44.9 Å². The second kappa shape index (κ2) is 6.53. The number of sulfone groups is 1. The van der Waals surface area contributed by atoms with E-state index in [1.165, 1.54) is 4.90 Å². The zero-order valence-corrected chi connectivity index (χ0v) is 13.9. The van der Waals surface area contributed by atoms with Crippen LogP contribution in [0.5, 0.6) is 0 Å². The Morgan fingerprint density at radius 1 is 1.00 bits per heavy atom. The largest absolute Gasteiger partial charge is 0.394 e. The van der Waals surface area contributed by atoms with Crippen molar-refractivity contribution in [2.75, 3.05) is 18.0 Å². The molecule has 2 aliphatic rings. The summed E-state index contributed by atoms with van der Waals surface area (Å²) in [5.41, 5.74) is 0. The molecule has 1 aromatic rings. The molecule has 0 N–H and O–H groups in total. The van der Waals surface area contributed by atoms with Gasteiger partial charge in [-0.2, -0.15) is 13.2 Å². The summed E-state index contributed by atoms with van der Waals surface area (Å²) in [6, 6.07) is -0.00925. The number of halogens is 3. The Labute approximate surface area is 138 Å². The standard InChI is InChI=1S/C14H20F3N3O3S/c15-14(16,17)10-6-8-20(9-7-10)12-18-19-13(23-12)24(21,22)11-4-2-1-3-5-11/h10-11H,1-9H2. The van der Waals surface area contributed by atoms with Gasteiger partial charge in [0.25, 0.3) is 0 Å². The van der Waals surface area contributed by atoms with E-state index in [-0.39, 0.29) is 31.9 Å². The highest BCUT2D eigenvalue weighted by atomic mass is 32.2. The fraction of sp³-hybridized carbons (Fsp3) is 0.857. The monoisotopic (exact) mass is 367 g/mol. The first-order valence-corrected chi connectivity index (χ1v) is 9.72. The van der Waals surface area contributed by atoms with Crippen molar-refractivity contribution in [1.82, 2.24) is 10.2 Å². The van der Waals surface area contributed by atoms with Gasteiger partial charge in [-0.25, -0.2) is 8.42 Å². The Bertz CT molecular complexity index is 660. The number of anilines is 1. The van der Waals surface area contributed by atoms with E-state index in [1.54, 1.807) is 0 Å². The molecule has 1 saturated heterocycles. The van der Waals surface area contributed by atoms with Gasteiger partial charge in [-0.3, -0.25) is 0 Å². The van der Waals surface area contributed by atoms with Crippen LogP contribution < -0.4 is 4.90 Å². The van der Waals surface area contributed by atoms with Crippen LogP contribution >= 0.6 is 0 Å². The zero-order valence-electron chi connectivity index (χ0n) is 13.1. The summed E-state index contributed by atoms with van der Waals surface area (Å²) in [6.07, 6.45) is -0.418. The molecule has 0 atom stereocenters. The average molecular weight is 367 g/mol. The molecule has 10 heteroatoms. The number of hydrogen-bond acceptors (Lipinski definition) is 6. The minimum Gasteiger partial charge on any atom is -0.394 e. The maximum absolute atomic E-state index is 12.7. The average Bonchev–Trinajstić information content (AvgIpc) is 3.06. The third kappa shape index (κ3) is 3.52. The molecule has 0 bridgehead atoms. The Balaban J connectivity index is 1.68. The van der Waals surface area contributed by atoms with Crippen LogP contribution in [0.2, 0.25) is 0 Å². The van der Waals surface area contributed by atoms with Gasteiger partial charge < -0.3 is 9.32 Å². The molecule has 6 nitrogen and oxygen atoms in total. The minimum absolute atomic E-state index is 0.00925. The smallest absolute Gasteiger partial charge is 0.391 e. The van der Waals surface area contributed by atoms with Crippen LogP contribution in [0.3, 0.4) is 0 Å². The van der Waals surface area contributed by atoms with Gasteiger partial charge in [0.2, 0.25) is 9.84 Å². The molecule has 2 fully saturated rings. The Morgan fingerprint density at radius 2 is 1.62 bits per heavy atom. The predicted molar refractivity (Wildman–Crippen MR) is 79.3 cm³/mol. The lowest BCUT2D eigenvalue weighted by Gasteiger charge is -2.31. The van der Waals surface area contributed by atoms with Gasteiger partial charge in [-0.1, -0.05) is 29.5 Å². The lowest BCUT2D eigenvalue weighted by molar-refractivity contribution is -0.179. The summed E-state index contributed by atoms with van der Waals surface area (Å²) in [5, 5.41) is 6.46. The number of alkyl halides is 3. The maximum atomic E-state index is 12.7. The van der Waals surface area contributed by atoms with Gasteiger partial charge in [0, 0.05) is 13.1 Å². The Morgan fingerprint density at radius 3 is 2.21 bits per heavy atom. The predicted octanol–water partition coefficient (Wildman–Crippen LogP) is 2.95. The molecule has 1 aromatic heterocycles. The molecule has 0 radical (unpaired) electrons. The molecule has 0 spiro atoms. The first-order chi connectivity index (χ1) is 11.3. The zero-order chi connectivity index (χ0) is 17.4. The van der Waals surface area contributed by atoms with Crippen molar-refractivity contribution in [2.24, 2.45) is 5.92 Å². The fourth-order valence-electron chi connectivity index (χ4n) is 3.36. The van der Waals surface area contributed by atoms with Crippen LogP contribution in [0.25, 0.3) is 0 Å². The topological polar surface area (TPSA) is 76.3 Å². The van der Waals surface area contributed by atoms with E-state index in [4.69, 9.17) is 4.42 Å². The fourth-order valence-corrected chi connectivity index (χ4v) is 4.95. The van der Waals surface area contributed by atoms with Crippen molar-refractivity contribution >= 4 is 15.9 Å². The van der Waals surface area contributed by atoms with Crippen LogP contribution in [0, 0.1) is 5.92 Å². The van der Waals surface area contributed by atoms with Crippen LogP contribution in [-0.4, -0.2) is 43.1 Å². The first kappa shape index (κ1) is 17.5. The summed E-state index contributed by atoms with van der Waals surface area (Å²) in [7, 11) is -3.66. The SMILES string of the molecule is O=S(=O)(c1nnc(N2CCC(C(F)(F)F)CC2)o1)C1CCCCC1. The normalized spacial score (nSPS) is 22.0. The van der Waals surface area contributed by atoms with Crippen LogP contribution in [0.4, 0.5) is 19.2 Å². The van der Waals surface area contributed by atoms with E-state index < -0.39 is 32.4 Å². The number of rotatable bonds is 3. The minimum atomic E-state index is -4.20. The van der Waals surface area contributed by atoms with E-state index in [1.807, 2.05) is 0 Å². The summed E-state index contributed by atoms with van der Waals surface area (Å²) in [5.74, 6) is -1.33. The Hall–Kier alpha value is -1.32. The lowest BCUT2D eigenvalue weighted by atomic mass is 9.97. The maximum Gasteiger partial charge on any atom is 0.391 e. The number of hydrogen-bond donors (Lipinski definition) is 0. The lowest BCUT2D eigenvalue weighted by Crippen LogP contribution is -2.39. The van der Waals surface area contributed by atoms with E-state index >= 15 is 0 Å². The van der Waals surface area contributed by atoms with Crippen molar-refractivity contribution in [3.8, 4) is 0 Å². The van der Waals surface area contributed by atoms with Gasteiger partial charge in [0.05, 0.1) is 11.2 Å². The molecule has 0 aromatic carbocycles. The van der Waals surface area contributed by atoms with Gasteiger partial charge in [-0.05, 0) is 25.7 Å². The van der Waals surface area contributed by atoms with Gasteiger partial charge >= 0.3 is 17.4 Å². The van der Waals surface area contributed by atoms with Crippen LogP contribution in [-0.2, 0) is 9.84 Å². The van der Waals surface area contributed by atoms with E-state index in [2.05, 4.69) is 10.2 Å². The van der Waals surface area contributed by atoms with E-state index in [0.29, 0.717) is 12.8 Å². The summed E-state index contributed by atoms with van der Waals surface area (Å²) < 4.78 is 68.4. The Kier molecular flexibility index (Phi) is 4.76. The highest BCUT2D eigenvalue weighted by Crippen LogP contribution is 2.35. The molecule has 24 heavy (non-hydrogen) atoms. The third-order valence-corrected chi connectivity index (χ3v) is 6.86. The highest BCUT2D eigenvalue weighted by Gasteiger charge is 2.42. The molecule has 1 aliphatic carbocycles. The number of piperidine rings is 1. The van der Waals surface area contributed by atoms with Crippen molar-refractivity contribution in [3.63, 3.8) is 0 Å².